The number of aromatic hydroxyl groups is 1. The molecule has 0 spiro atoms. The number of imidazole rings is 1. The summed E-state index contributed by atoms with van der Waals surface area (Å²) in [5.41, 5.74) is 18.7. The van der Waals surface area contributed by atoms with E-state index in [0.717, 1.165) is 0 Å². The van der Waals surface area contributed by atoms with E-state index in [-0.39, 0.29) is 68.9 Å². The lowest BCUT2D eigenvalue weighted by Gasteiger charge is -2.28. The smallest absolute Gasteiger partial charge is 0.322 e. The number of carbonyl (C=O) groups excluding carboxylic acids is 8. The van der Waals surface area contributed by atoms with Crippen molar-refractivity contribution in [2.24, 2.45) is 22.2 Å². The first-order valence-electron chi connectivity index (χ1n) is 26.2. The number of H-pyrrole nitrogens is 2. The molecule has 456 valence electrons. The van der Waals surface area contributed by atoms with E-state index >= 15 is 0 Å². The zero-order valence-electron chi connectivity index (χ0n) is 45.6. The number of phenolic OH excluding ortho intramolecular Hbond substituents is 1. The highest BCUT2D eigenvalue weighted by molar-refractivity contribution is 7.98. The summed E-state index contributed by atoms with van der Waals surface area (Å²) in [7, 11) is 0. The molecule has 8 amide bonds. The van der Waals surface area contributed by atoms with Crippen LogP contribution in [0.2, 0.25) is 0 Å². The van der Waals surface area contributed by atoms with Crippen LogP contribution in [-0.2, 0) is 72.0 Å². The molecule has 0 radical (unpaired) electrons. The number of hydrogen-bond donors (Lipinski definition) is 18. The number of benzene rings is 2. The Balaban J connectivity index is 1.73. The number of amides is 8. The first-order chi connectivity index (χ1) is 40.0. The number of carbonyl (C=O) groups is 11. The molecule has 0 bridgehead atoms. The average Bonchev–Trinajstić information content (AvgIpc) is 3.56. The van der Waals surface area contributed by atoms with Crippen LogP contribution in [0.25, 0.3) is 10.9 Å². The Morgan fingerprint density at radius 1 is 0.607 bits per heavy atom. The molecule has 4 aromatic rings. The van der Waals surface area contributed by atoms with Gasteiger partial charge in [0.05, 0.1) is 19.0 Å². The van der Waals surface area contributed by atoms with E-state index in [1.165, 1.54) is 48.6 Å². The summed E-state index contributed by atoms with van der Waals surface area (Å²) >= 11 is 1.31. The van der Waals surface area contributed by atoms with Crippen molar-refractivity contribution in [3.8, 4) is 5.75 Å². The number of fused-ring (bicyclic) bond motifs is 1. The van der Waals surface area contributed by atoms with Crippen LogP contribution >= 0.6 is 11.8 Å². The number of para-hydroxylation sites is 1. The molecule has 2 aromatic carbocycles. The van der Waals surface area contributed by atoms with Gasteiger partial charge < -0.3 is 95.2 Å². The first kappa shape index (κ1) is 67.2. The molecular formula is C52H71N15O16S. The van der Waals surface area contributed by atoms with Gasteiger partial charge in [-0.3, -0.25) is 57.7 Å². The quantitative estimate of drug-likeness (QED) is 0.0116. The van der Waals surface area contributed by atoms with Gasteiger partial charge in [0.1, 0.15) is 54.6 Å². The lowest BCUT2D eigenvalue weighted by atomic mass is 10.0. The Kier molecular flexibility index (Phi) is 27.4. The fourth-order valence-corrected chi connectivity index (χ4v) is 8.72. The first-order valence-corrected chi connectivity index (χ1v) is 27.6. The highest BCUT2D eigenvalue weighted by Crippen LogP contribution is 2.20. The van der Waals surface area contributed by atoms with E-state index in [4.69, 9.17) is 27.4 Å². The Labute approximate surface area is 484 Å². The zero-order valence-corrected chi connectivity index (χ0v) is 46.4. The van der Waals surface area contributed by atoms with Crippen LogP contribution in [0.1, 0.15) is 61.8 Å². The van der Waals surface area contributed by atoms with Crippen LogP contribution in [0.5, 0.6) is 5.75 Å². The van der Waals surface area contributed by atoms with Crippen LogP contribution in [-0.4, -0.2) is 192 Å². The molecule has 2 heterocycles. The van der Waals surface area contributed by atoms with Crippen LogP contribution < -0.4 is 59.7 Å². The third-order valence-corrected chi connectivity index (χ3v) is 13.3. The number of aromatic nitrogens is 3. The molecule has 31 nitrogen and oxygen atoms in total. The van der Waals surface area contributed by atoms with Crippen LogP contribution in [0.3, 0.4) is 0 Å². The number of aliphatic hydroxyl groups excluding tert-OH is 1. The summed E-state index contributed by atoms with van der Waals surface area (Å²) in [6.45, 7) is -1.88. The number of nitrogens with zero attached hydrogens (tertiary/aromatic N) is 2. The van der Waals surface area contributed by atoms with E-state index in [2.05, 4.69) is 57.2 Å². The molecule has 0 aliphatic carbocycles. The Bertz CT molecular complexity index is 2940. The fraction of sp³-hybridized carbons (Fsp3) is 0.442. The van der Waals surface area contributed by atoms with Crippen molar-refractivity contribution >= 4 is 93.8 Å². The standard InChI is InChI=1S/C52H71N15O16S/c1-84-18-16-36(61-44(76)32(53)12-14-41(70)71)48(80)63-35(13-15-42(72)73)47(79)66-39(21-29-23-56-26-60-29)51(83)65-38(20-28-22-58-33-6-3-2-5-31(28)33)50(82)64-37(19-27-8-10-30(69)11-9-27)49(81)62-34(7-4-17-57-52(54)55)46(78)67-40(25-68)45(77)59-24-43(74)75/h2-3,5-6,8-11,22-23,26,32,34-40,58,68-69H,4,7,12-21,24-25,53H2,1H3,(H,56,60)(H,59,77)(H,61,76)(H,62,81)(H,63,80)(H,64,82)(H,65,83)(H,66,79)(H,67,78)(H,70,71)(H,72,73)(H,74,75)(H4,54,55,57)/t32-,34-,35-,36-,37-,38-,39-,40-/m0/s1. The monoisotopic (exact) mass is 1190 g/mol. The molecule has 21 N–H and O–H groups in total. The largest absolute Gasteiger partial charge is 0.508 e. The van der Waals surface area contributed by atoms with Gasteiger partial charge in [-0.25, -0.2) is 4.98 Å². The number of nitrogens with two attached hydrogens (primary N) is 3. The van der Waals surface area contributed by atoms with Gasteiger partial charge in [-0.1, -0.05) is 30.3 Å². The molecule has 8 atom stereocenters. The minimum absolute atomic E-state index is 0.000820. The maximum atomic E-state index is 15.0. The average molecular weight is 1190 g/mol. The number of aliphatic carboxylic acids is 3. The Hall–Kier alpha value is -9.30. The van der Waals surface area contributed by atoms with E-state index in [9.17, 15) is 68.1 Å². The molecule has 32 heteroatoms. The molecule has 0 aliphatic heterocycles. The van der Waals surface area contributed by atoms with E-state index in [1.54, 1.807) is 36.7 Å². The topological polar surface area (TPSA) is 520 Å². The molecule has 2 aromatic heterocycles. The molecule has 4 rings (SSSR count). The minimum atomic E-state index is -1.68. The fourth-order valence-electron chi connectivity index (χ4n) is 8.25. The lowest BCUT2D eigenvalue weighted by molar-refractivity contribution is -0.139. The van der Waals surface area contributed by atoms with Gasteiger partial charge in [-0.05, 0) is 73.4 Å². The van der Waals surface area contributed by atoms with Crippen LogP contribution in [0.4, 0.5) is 0 Å². The number of carboxylic acids is 3. The number of carboxylic acid groups (broad SMARTS) is 3. The highest BCUT2D eigenvalue weighted by atomic mass is 32.2. The van der Waals surface area contributed by atoms with Crippen molar-refractivity contribution in [1.82, 2.24) is 57.5 Å². The minimum Gasteiger partial charge on any atom is -0.508 e. The third-order valence-electron chi connectivity index (χ3n) is 12.7. The van der Waals surface area contributed by atoms with Crippen LogP contribution in [0, 0.1) is 0 Å². The number of nitrogens with one attached hydrogen (secondary N) is 10. The number of phenols is 1. The zero-order chi connectivity index (χ0) is 61.9. The summed E-state index contributed by atoms with van der Waals surface area (Å²) in [6, 6.07) is 0.138. The Morgan fingerprint density at radius 3 is 1.69 bits per heavy atom. The van der Waals surface area contributed by atoms with Crippen LogP contribution in [0.15, 0.2) is 72.2 Å². The van der Waals surface area contributed by atoms with E-state index in [1.807, 2.05) is 5.32 Å². The molecule has 0 aliphatic rings. The summed E-state index contributed by atoms with van der Waals surface area (Å²) in [5, 5.41) is 68.2. The van der Waals surface area contributed by atoms with Gasteiger partial charge in [0.15, 0.2) is 5.96 Å². The van der Waals surface area contributed by atoms with Crippen molar-refractivity contribution in [3.63, 3.8) is 0 Å². The van der Waals surface area contributed by atoms with Gasteiger partial charge >= 0.3 is 17.9 Å². The Morgan fingerprint density at radius 2 is 1.13 bits per heavy atom. The lowest BCUT2D eigenvalue weighted by Crippen LogP contribution is -2.61. The number of aliphatic hydroxyl groups is 1. The maximum Gasteiger partial charge on any atom is 0.322 e. The number of hydrogen-bond acceptors (Lipinski definition) is 17. The molecular weight excluding hydrogens is 1120 g/mol. The molecule has 0 fully saturated rings. The predicted octanol–water partition coefficient (Wildman–Crippen LogP) is -3.93. The maximum absolute atomic E-state index is 15.0. The number of rotatable bonds is 37. The molecule has 0 saturated carbocycles. The highest BCUT2D eigenvalue weighted by Gasteiger charge is 2.36. The van der Waals surface area contributed by atoms with Gasteiger partial charge in [0, 0.05) is 67.6 Å². The van der Waals surface area contributed by atoms with Crippen molar-refractivity contribution in [2.45, 2.75) is 113 Å². The summed E-state index contributed by atoms with van der Waals surface area (Å²) in [6.07, 6.45) is 2.96. The summed E-state index contributed by atoms with van der Waals surface area (Å²) in [5.74, 6) is -12.1. The number of aromatic amines is 2. The number of thioether (sulfide) groups is 1. The van der Waals surface area contributed by atoms with Gasteiger partial charge in [-0.2, -0.15) is 11.8 Å². The predicted molar refractivity (Wildman–Crippen MR) is 302 cm³/mol. The number of guanidine groups is 1. The third kappa shape index (κ3) is 22.9. The van der Waals surface area contributed by atoms with E-state index < -0.39 is 146 Å². The SMILES string of the molecule is CSCC[C@H](NC(=O)[C@@H](N)CCC(=O)O)C(=O)N[C@@H](CCC(=O)O)C(=O)N[C@@H](Cc1cnc[nH]1)C(=O)N[C@@H](Cc1c[nH]c2ccccc12)C(=O)N[C@@H](Cc1ccc(O)cc1)C(=O)N[C@@H](CCCN=C(N)N)C(=O)N[C@@H](CO)C(=O)NCC(=O)O. The molecule has 0 unspecified atom stereocenters. The molecule has 84 heavy (non-hydrogen) atoms. The summed E-state index contributed by atoms with van der Waals surface area (Å²) in [4.78, 5) is 160. The number of aliphatic imine (C=N–C) groups is 1. The normalized spacial score (nSPS) is 13.8. The van der Waals surface area contributed by atoms with Crippen molar-refractivity contribution in [3.05, 3.63) is 84.1 Å². The second-order valence-electron chi connectivity index (χ2n) is 19.1. The van der Waals surface area contributed by atoms with Gasteiger partial charge in [0.2, 0.25) is 47.3 Å². The second kappa shape index (κ2) is 34.2. The summed E-state index contributed by atoms with van der Waals surface area (Å²) < 4.78 is 0. The molecule has 0 saturated heterocycles. The van der Waals surface area contributed by atoms with Crippen molar-refractivity contribution in [1.29, 1.82) is 0 Å². The second-order valence-corrected chi connectivity index (χ2v) is 20.1. The van der Waals surface area contributed by atoms with Crippen molar-refractivity contribution in [2.75, 3.05) is 31.7 Å². The van der Waals surface area contributed by atoms with Crippen molar-refractivity contribution < 1.29 is 78.3 Å². The van der Waals surface area contributed by atoms with Gasteiger partial charge in [0.25, 0.3) is 0 Å². The van der Waals surface area contributed by atoms with Gasteiger partial charge in [-0.15, -0.1) is 0 Å². The van der Waals surface area contributed by atoms with E-state index in [0.29, 0.717) is 27.8 Å².